The van der Waals surface area contributed by atoms with Gasteiger partial charge in [-0.05, 0) is 23.3 Å². The monoisotopic (exact) mass is 398 g/mol. The molecule has 7 heteroatoms. The predicted octanol–water partition coefficient (Wildman–Crippen LogP) is 3.27. The third kappa shape index (κ3) is 2.79. The van der Waals surface area contributed by atoms with Gasteiger partial charge < -0.3 is 15.8 Å². The van der Waals surface area contributed by atoms with E-state index >= 15 is 0 Å². The molecule has 1 aliphatic rings. The van der Waals surface area contributed by atoms with Crippen molar-refractivity contribution in [2.24, 2.45) is 0 Å². The van der Waals surface area contributed by atoms with Crippen molar-refractivity contribution in [1.82, 2.24) is 15.0 Å². The maximum absolute atomic E-state index is 13.2. The summed E-state index contributed by atoms with van der Waals surface area (Å²) in [6, 6.07) is 21.9. The lowest BCUT2D eigenvalue weighted by Gasteiger charge is -2.28. The minimum atomic E-state index is -0.818. The molecule has 1 aliphatic heterocycles. The maximum Gasteiger partial charge on any atom is 0.299 e. The predicted molar refractivity (Wildman–Crippen MR) is 113 cm³/mol. The minimum absolute atomic E-state index is 0.0894. The number of pyridine rings is 2. The van der Waals surface area contributed by atoms with E-state index in [0.717, 1.165) is 11.1 Å². The van der Waals surface area contributed by atoms with Crippen LogP contribution in [0.3, 0.4) is 0 Å². The smallest absolute Gasteiger partial charge is 0.299 e. The fraction of sp³-hybridized carbons (Fsp3) is 0.0870. The number of anilines is 1. The van der Waals surface area contributed by atoms with Crippen LogP contribution in [0.5, 0.6) is 0 Å². The highest BCUT2D eigenvalue weighted by Crippen LogP contribution is 2.37. The van der Waals surface area contributed by atoms with Crippen molar-refractivity contribution in [1.29, 1.82) is 0 Å². The van der Waals surface area contributed by atoms with E-state index in [1.807, 2.05) is 60.7 Å². The molecular formula is C23H18N4O3. The SMILES string of the molecule is O=C1N[C@H](c2ccccc2)[C@H](c2ccccc2)Nc2c1c(=O)n(O)c1ncccc21. The van der Waals surface area contributed by atoms with Crippen LogP contribution in [0.1, 0.15) is 33.6 Å². The van der Waals surface area contributed by atoms with E-state index in [4.69, 9.17) is 0 Å². The minimum Gasteiger partial charge on any atom is -0.423 e. The van der Waals surface area contributed by atoms with Gasteiger partial charge in [0.05, 0.1) is 17.8 Å². The maximum atomic E-state index is 13.2. The lowest BCUT2D eigenvalue weighted by molar-refractivity contribution is 0.0930. The molecule has 1 amide bonds. The Kier molecular flexibility index (Phi) is 4.21. The van der Waals surface area contributed by atoms with Gasteiger partial charge in [-0.15, -0.1) is 4.73 Å². The van der Waals surface area contributed by atoms with Crippen molar-refractivity contribution in [3.8, 4) is 0 Å². The fourth-order valence-electron chi connectivity index (χ4n) is 3.97. The third-order valence-corrected chi connectivity index (χ3v) is 5.38. The van der Waals surface area contributed by atoms with E-state index < -0.39 is 17.5 Å². The average Bonchev–Trinajstić information content (AvgIpc) is 2.95. The van der Waals surface area contributed by atoms with Crippen LogP contribution < -0.4 is 16.2 Å². The van der Waals surface area contributed by atoms with Gasteiger partial charge in [-0.25, -0.2) is 4.98 Å². The van der Waals surface area contributed by atoms with Crippen molar-refractivity contribution in [3.05, 3.63) is 106 Å². The van der Waals surface area contributed by atoms with Gasteiger partial charge in [0.1, 0.15) is 5.56 Å². The van der Waals surface area contributed by atoms with Crippen LogP contribution in [0.4, 0.5) is 5.69 Å². The molecule has 0 unspecified atom stereocenters. The van der Waals surface area contributed by atoms with Gasteiger partial charge in [0.2, 0.25) is 0 Å². The average molecular weight is 398 g/mol. The van der Waals surface area contributed by atoms with Crippen LogP contribution in [-0.2, 0) is 0 Å². The zero-order valence-electron chi connectivity index (χ0n) is 15.8. The first-order chi connectivity index (χ1) is 14.6. The van der Waals surface area contributed by atoms with Gasteiger partial charge in [-0.1, -0.05) is 60.7 Å². The second kappa shape index (κ2) is 7.04. The van der Waals surface area contributed by atoms with Gasteiger partial charge in [-0.2, -0.15) is 0 Å². The first kappa shape index (κ1) is 17.9. The van der Waals surface area contributed by atoms with E-state index in [2.05, 4.69) is 15.6 Å². The number of fused-ring (bicyclic) bond motifs is 3. The molecule has 4 aromatic rings. The fourth-order valence-corrected chi connectivity index (χ4v) is 3.97. The first-order valence-electron chi connectivity index (χ1n) is 9.55. The Hall–Kier alpha value is -4.13. The number of rotatable bonds is 2. The molecule has 7 nitrogen and oxygen atoms in total. The summed E-state index contributed by atoms with van der Waals surface area (Å²) in [6.07, 6.45) is 1.49. The third-order valence-electron chi connectivity index (χ3n) is 5.38. The second-order valence-corrected chi connectivity index (χ2v) is 7.14. The largest absolute Gasteiger partial charge is 0.423 e. The first-order valence-corrected chi connectivity index (χ1v) is 9.55. The summed E-state index contributed by atoms with van der Waals surface area (Å²) in [4.78, 5) is 30.2. The second-order valence-electron chi connectivity index (χ2n) is 7.14. The van der Waals surface area contributed by atoms with Crippen molar-refractivity contribution in [2.45, 2.75) is 12.1 Å². The van der Waals surface area contributed by atoms with E-state index in [1.165, 1.54) is 6.20 Å². The number of amides is 1. The summed E-state index contributed by atoms with van der Waals surface area (Å²) in [7, 11) is 0. The van der Waals surface area contributed by atoms with Crippen LogP contribution in [0, 0.1) is 0 Å². The summed E-state index contributed by atoms with van der Waals surface area (Å²) in [6.45, 7) is 0. The molecule has 0 saturated heterocycles. The zero-order chi connectivity index (χ0) is 20.7. The Morgan fingerprint density at radius 2 is 1.40 bits per heavy atom. The Morgan fingerprint density at radius 1 is 0.800 bits per heavy atom. The Balaban J connectivity index is 1.78. The highest BCUT2D eigenvalue weighted by Gasteiger charge is 2.35. The molecule has 0 aliphatic carbocycles. The summed E-state index contributed by atoms with van der Waals surface area (Å²) in [5.41, 5.74) is 1.33. The van der Waals surface area contributed by atoms with Crippen LogP contribution in [0.15, 0.2) is 83.8 Å². The van der Waals surface area contributed by atoms with Crippen molar-refractivity contribution < 1.29 is 10.0 Å². The summed E-state index contributed by atoms with van der Waals surface area (Å²) in [5.74, 6) is -0.552. The van der Waals surface area contributed by atoms with E-state index in [9.17, 15) is 14.8 Å². The lowest BCUT2D eigenvalue weighted by atomic mass is 9.93. The summed E-state index contributed by atoms with van der Waals surface area (Å²) in [5, 5.41) is 17.2. The lowest BCUT2D eigenvalue weighted by Crippen LogP contribution is -2.35. The number of nitrogens with one attached hydrogen (secondary N) is 2. The van der Waals surface area contributed by atoms with Gasteiger partial charge in [0.25, 0.3) is 11.5 Å². The normalized spacial score (nSPS) is 18.2. The van der Waals surface area contributed by atoms with Crippen LogP contribution in [-0.4, -0.2) is 20.8 Å². The Labute approximate surface area is 171 Å². The van der Waals surface area contributed by atoms with E-state index in [0.29, 0.717) is 15.8 Å². The molecule has 3 N–H and O–H groups in total. The molecule has 0 saturated carbocycles. The number of nitrogens with zero attached hydrogens (tertiary/aromatic N) is 2. The molecule has 30 heavy (non-hydrogen) atoms. The molecular weight excluding hydrogens is 380 g/mol. The van der Waals surface area contributed by atoms with Gasteiger partial charge in [0.15, 0.2) is 5.65 Å². The Morgan fingerprint density at radius 3 is 2.03 bits per heavy atom. The van der Waals surface area contributed by atoms with Crippen molar-refractivity contribution in [3.63, 3.8) is 0 Å². The standard InChI is InChI=1S/C23H18N4O3/c28-22-17-20(16-12-7-13-24-21(16)27(30)23(17)29)25-18(14-8-3-1-4-9-14)19(26-22)15-10-5-2-6-11-15/h1-13,18-19,25,30H,(H,26,28)/t18-,19+/m0/s1. The Bertz CT molecular complexity index is 1300. The number of hydrogen-bond donors (Lipinski definition) is 3. The number of benzene rings is 2. The van der Waals surface area contributed by atoms with Crippen LogP contribution >= 0.6 is 0 Å². The number of carbonyl (C=O) groups is 1. The highest BCUT2D eigenvalue weighted by atomic mass is 16.5. The van der Waals surface area contributed by atoms with Gasteiger partial charge in [0, 0.05) is 11.6 Å². The molecule has 0 spiro atoms. The molecule has 0 radical (unpaired) electrons. The topological polar surface area (TPSA) is 96.2 Å². The van der Waals surface area contributed by atoms with Crippen molar-refractivity contribution in [2.75, 3.05) is 5.32 Å². The highest BCUT2D eigenvalue weighted by molar-refractivity contribution is 6.07. The molecule has 2 aromatic heterocycles. The summed E-state index contributed by atoms with van der Waals surface area (Å²) >= 11 is 0. The molecule has 3 heterocycles. The quantitative estimate of drug-likeness (QED) is 0.451. The number of aromatic nitrogens is 2. The zero-order valence-corrected chi connectivity index (χ0v) is 15.8. The molecule has 5 rings (SSSR count). The molecule has 2 aromatic carbocycles. The van der Waals surface area contributed by atoms with Gasteiger partial charge in [-0.3, -0.25) is 9.59 Å². The number of carbonyl (C=O) groups excluding carboxylic acids is 1. The van der Waals surface area contributed by atoms with Crippen LogP contribution in [0.25, 0.3) is 11.0 Å². The molecule has 0 bridgehead atoms. The number of hydrogen-bond acceptors (Lipinski definition) is 5. The van der Waals surface area contributed by atoms with Crippen molar-refractivity contribution >= 4 is 22.6 Å². The molecule has 2 atom stereocenters. The van der Waals surface area contributed by atoms with E-state index in [1.54, 1.807) is 12.1 Å². The molecule has 148 valence electrons. The van der Waals surface area contributed by atoms with Gasteiger partial charge >= 0.3 is 0 Å². The summed E-state index contributed by atoms with van der Waals surface area (Å²) < 4.78 is 0.426. The van der Waals surface area contributed by atoms with Crippen LogP contribution in [0.2, 0.25) is 0 Å². The van der Waals surface area contributed by atoms with E-state index in [-0.39, 0.29) is 17.3 Å². The molecule has 0 fully saturated rings.